The minimum Gasteiger partial charge on any atom is -0.491 e. The monoisotopic (exact) mass is 1840 g/mol. The second-order valence-electron chi connectivity index (χ2n) is 35.7. The van der Waals surface area contributed by atoms with Crippen LogP contribution in [0.4, 0.5) is 34.1 Å². The van der Waals surface area contributed by atoms with E-state index in [0.717, 1.165) is 105 Å². The van der Waals surface area contributed by atoms with E-state index in [4.69, 9.17) is 37.9 Å². The van der Waals surface area contributed by atoms with Crippen molar-refractivity contribution in [1.29, 1.82) is 0 Å². The van der Waals surface area contributed by atoms with Crippen molar-refractivity contribution >= 4 is 187 Å². The summed E-state index contributed by atoms with van der Waals surface area (Å²) in [7, 11) is 0. The second-order valence-corrected chi connectivity index (χ2v) is 35.7. The molecule has 0 atom stereocenters. The molecule has 0 saturated heterocycles. The van der Waals surface area contributed by atoms with Gasteiger partial charge in [-0.25, -0.2) is 9.59 Å². The van der Waals surface area contributed by atoms with E-state index in [9.17, 15) is 79.9 Å². The van der Waals surface area contributed by atoms with Crippen molar-refractivity contribution in [2.45, 2.75) is 155 Å². The fourth-order valence-corrected chi connectivity index (χ4v) is 21.5. The molecule has 2 aliphatic carbocycles. The minimum absolute atomic E-state index is 0.0638. The van der Waals surface area contributed by atoms with Crippen LogP contribution in [0.3, 0.4) is 0 Å². The topological polar surface area (TPSA) is 401 Å². The third-order valence-corrected chi connectivity index (χ3v) is 27.4. The summed E-state index contributed by atoms with van der Waals surface area (Å²) in [5.74, 6) is -2.85. The molecule has 0 aromatic heterocycles. The predicted octanol–water partition coefficient (Wildman–Crippen LogP) is 25.5. The first-order chi connectivity index (χ1) is 66.1. The number of hydrogen-bond donors (Lipinski definition) is 0. The highest BCUT2D eigenvalue weighted by Crippen LogP contribution is 2.62. The molecular formula is C106H96N6O24. The molecule has 136 heavy (non-hydrogen) atoms. The number of esters is 2. The summed E-state index contributed by atoms with van der Waals surface area (Å²) >= 11 is 0. The van der Waals surface area contributed by atoms with Gasteiger partial charge in [0.1, 0.15) is 37.9 Å². The Labute approximate surface area is 776 Å². The lowest BCUT2D eigenvalue weighted by atomic mass is 9.73. The fraction of sp³-hybridized carbons (Fsp3) is 0.340. The number of carbonyl (C=O) groups excluding carboxylic acids is 4. The molecule has 694 valence electrons. The average molecular weight is 1840 g/mol. The quantitative estimate of drug-likeness (QED) is 0.00853. The van der Waals surface area contributed by atoms with Gasteiger partial charge >= 0.3 is 11.9 Å². The zero-order chi connectivity index (χ0) is 94.4. The van der Waals surface area contributed by atoms with Crippen LogP contribution in [0.5, 0.6) is 11.5 Å². The van der Waals surface area contributed by atoms with Crippen molar-refractivity contribution < 1.29 is 86.6 Å². The number of nitrogens with zero attached hydrogens (tertiary/aromatic N) is 6. The van der Waals surface area contributed by atoms with Gasteiger partial charge in [-0.15, -0.1) is 0 Å². The highest BCUT2D eigenvalue weighted by Gasteiger charge is 2.45. The summed E-state index contributed by atoms with van der Waals surface area (Å²) in [6, 6.07) is 38.9. The first kappa shape index (κ1) is 90.7. The van der Waals surface area contributed by atoms with E-state index < -0.39 is 143 Å². The number of benzene rings is 17. The Kier molecular flexibility index (Phi) is 25.7. The van der Waals surface area contributed by atoms with E-state index >= 15 is 0 Å². The lowest BCUT2D eigenvalue weighted by Crippen LogP contribution is -2.15. The van der Waals surface area contributed by atoms with Gasteiger partial charge in [-0.05, 0) is 202 Å². The zero-order valence-corrected chi connectivity index (χ0v) is 75.2. The summed E-state index contributed by atoms with van der Waals surface area (Å²) in [6.07, 6.45) is 27.0. The molecular weight excluding hydrogens is 1740 g/mol. The van der Waals surface area contributed by atoms with Gasteiger partial charge in [0.2, 0.25) is 0 Å². The molecule has 17 aromatic carbocycles. The molecule has 0 fully saturated rings. The van der Waals surface area contributed by atoms with Crippen LogP contribution in [0.2, 0.25) is 0 Å². The van der Waals surface area contributed by atoms with Crippen molar-refractivity contribution in [2.24, 2.45) is 0 Å². The molecule has 0 radical (unpaired) electrons. The lowest BCUT2D eigenvalue weighted by Gasteiger charge is -2.30. The van der Waals surface area contributed by atoms with Gasteiger partial charge in [0.15, 0.2) is 11.6 Å². The SMILES string of the molecule is CCCCCCCCCCCCc1cc2c3cccc4c5cc(OCCOCCOCCOC(=O)c6cc7c(c([N+](=O)[O-])c6)-c6c(cc([N+](=O)[O-])cc6[N+](=O)[O-])C7=O)cc6c7cc(OCCOCCOCCOC(=O)c8cc9c(c([N+](=O)[O-])c8)-c8c(cc([N+](=O)[O-])cc8[N+](=O)[O-])C9=O)cc8c9cccc%10c%11cc(CCCCCCCCCCCC)cc%12c(c1)c2c1c(c34)c(c56)c(c87)c(c%109)c1c%11%12. The van der Waals surface area contributed by atoms with Crippen molar-refractivity contribution in [3.63, 3.8) is 0 Å². The second kappa shape index (κ2) is 38.5. The maximum absolute atomic E-state index is 13.6. The number of non-ortho nitro benzene ring substituents is 2. The molecule has 0 saturated carbocycles. The summed E-state index contributed by atoms with van der Waals surface area (Å²) in [6.45, 7) is 4.55. The van der Waals surface area contributed by atoms with Crippen LogP contribution in [0.15, 0.2) is 133 Å². The van der Waals surface area contributed by atoms with Gasteiger partial charge in [-0.1, -0.05) is 190 Å². The summed E-state index contributed by atoms with van der Waals surface area (Å²) < 4.78 is 48.2. The smallest absolute Gasteiger partial charge is 0.338 e. The van der Waals surface area contributed by atoms with Crippen LogP contribution in [-0.2, 0) is 41.3 Å². The van der Waals surface area contributed by atoms with E-state index in [1.165, 1.54) is 213 Å². The van der Waals surface area contributed by atoms with Gasteiger partial charge < -0.3 is 37.9 Å². The Morgan fingerprint density at radius 3 is 0.816 bits per heavy atom. The van der Waals surface area contributed by atoms with Crippen LogP contribution < -0.4 is 9.47 Å². The highest BCUT2D eigenvalue weighted by atomic mass is 16.7. The highest BCUT2D eigenvalue weighted by molar-refractivity contribution is 6.61. The number of rotatable bonds is 50. The van der Waals surface area contributed by atoms with E-state index in [1.807, 2.05) is 0 Å². The van der Waals surface area contributed by atoms with Crippen molar-refractivity contribution in [1.82, 2.24) is 0 Å². The minimum atomic E-state index is -1.06. The predicted molar refractivity (Wildman–Crippen MR) is 520 cm³/mol. The van der Waals surface area contributed by atoms with Gasteiger partial charge in [0.05, 0.1) is 128 Å². The number of unbranched alkanes of at least 4 members (excludes halogenated alkanes) is 18. The molecule has 0 amide bonds. The maximum Gasteiger partial charge on any atom is 0.338 e. The number of carbonyl (C=O) groups is 4. The zero-order valence-electron chi connectivity index (χ0n) is 75.2. The number of nitro benzene ring substituents is 6. The molecule has 0 unspecified atom stereocenters. The number of ketones is 2. The third kappa shape index (κ3) is 16.5. The number of ether oxygens (including phenoxy) is 8. The average Bonchev–Trinajstić information content (AvgIpc) is 0.814. The Morgan fingerprint density at radius 2 is 0.515 bits per heavy atom. The molecule has 0 spiro atoms. The van der Waals surface area contributed by atoms with Gasteiger partial charge in [0.25, 0.3) is 34.1 Å². The summed E-state index contributed by atoms with van der Waals surface area (Å²) in [4.78, 5) is 121. The van der Waals surface area contributed by atoms with Crippen LogP contribution in [-0.4, -0.2) is 132 Å². The van der Waals surface area contributed by atoms with Crippen LogP contribution >= 0.6 is 0 Å². The summed E-state index contributed by atoms with van der Waals surface area (Å²) in [5, 5.41) is 101. The van der Waals surface area contributed by atoms with Crippen LogP contribution in [0, 0.1) is 60.7 Å². The van der Waals surface area contributed by atoms with Crippen LogP contribution in [0.1, 0.15) is 206 Å². The van der Waals surface area contributed by atoms with Crippen LogP contribution in [0.25, 0.3) is 152 Å². The van der Waals surface area contributed by atoms with E-state index in [-0.39, 0.29) is 79.3 Å². The largest absolute Gasteiger partial charge is 0.491 e. The molecule has 0 aliphatic heterocycles. The van der Waals surface area contributed by atoms with Gasteiger partial charge in [-0.3, -0.25) is 70.3 Å². The van der Waals surface area contributed by atoms with E-state index in [1.54, 1.807) is 0 Å². The van der Waals surface area contributed by atoms with Gasteiger partial charge in [0, 0.05) is 46.5 Å². The van der Waals surface area contributed by atoms with Crippen molar-refractivity contribution in [3.05, 3.63) is 239 Å². The molecule has 0 bridgehead atoms. The Morgan fingerprint density at radius 1 is 0.265 bits per heavy atom. The molecule has 17 aromatic rings. The van der Waals surface area contributed by atoms with Crippen molar-refractivity contribution in [3.8, 4) is 33.8 Å². The first-order valence-electron chi connectivity index (χ1n) is 47.0. The van der Waals surface area contributed by atoms with E-state index in [2.05, 4.69) is 98.8 Å². The fourth-order valence-electron chi connectivity index (χ4n) is 21.5. The molecule has 0 heterocycles. The molecule has 19 rings (SSSR count). The van der Waals surface area contributed by atoms with Gasteiger partial charge in [-0.2, -0.15) is 0 Å². The van der Waals surface area contributed by atoms with E-state index in [0.29, 0.717) is 23.6 Å². The number of hydrogen-bond acceptors (Lipinski definition) is 24. The molecule has 30 heteroatoms. The molecule has 0 N–H and O–H groups in total. The normalized spacial score (nSPS) is 12.6. The Bertz CT molecular complexity index is 7230. The molecule has 30 nitrogen and oxygen atoms in total. The van der Waals surface area contributed by atoms with Crippen molar-refractivity contribution in [2.75, 3.05) is 79.3 Å². The third-order valence-electron chi connectivity index (χ3n) is 27.4. The summed E-state index contributed by atoms with van der Waals surface area (Å²) in [5.41, 5.74) is -6.64. The number of aryl methyl sites for hydroxylation is 2. The molecule has 2 aliphatic rings. The lowest BCUT2D eigenvalue weighted by molar-refractivity contribution is -0.394. The number of nitro groups is 6. The maximum atomic E-state index is 13.6. The first-order valence-corrected chi connectivity index (χ1v) is 47.0. The number of fused-ring (bicyclic) bond motifs is 12. The Hall–Kier alpha value is -14.5. The Balaban J connectivity index is 0.607. The standard InChI is InChI=1S/C106H96N6O24/c1-3-5-7-9-11-13-15-17-19-21-25-59-43-71-67-27-23-29-69-75-55-65(133-39-35-129-31-33-131-37-41-135-105(115)61-47-79-93(83(49-61)109(121)122)95-81(103(79)113)51-63(107(117)118)53-85(95)111(125)126)57-77-78-58-66(134-40-36-130-32-34-132-38-42-136-106(116)62-48-80-94(84(50-62)110(123)124)96-82(104(80)114)52-64(108(119)120)54-86(96)112(127)128)56-76-70-30-24-28-68-72-44-60(26-22-20-18-16-14-12-10-8-6-4-2)46-74-73(45-59)89(71)99-97(87(67)69)101(91(75)77)102(92(76)78)98(88(68)70)100(99)90(72)74/h23-24,27-30,43-58H,3-22,25-26,31-42H2,1-2H3.